The van der Waals surface area contributed by atoms with Crippen LogP contribution in [0.5, 0.6) is 0 Å². The van der Waals surface area contributed by atoms with Gasteiger partial charge < -0.3 is 4.42 Å². The van der Waals surface area contributed by atoms with Crippen molar-refractivity contribution in [2.24, 2.45) is 0 Å². The van der Waals surface area contributed by atoms with E-state index in [0.29, 0.717) is 5.76 Å². The van der Waals surface area contributed by atoms with E-state index in [1.807, 2.05) is 20.8 Å². The average molecular weight is 320 g/mol. The number of aromatic nitrogens is 1. The smallest absolute Gasteiger partial charge is 0.269 e. The van der Waals surface area contributed by atoms with Crippen molar-refractivity contribution >= 4 is 15.9 Å². The van der Waals surface area contributed by atoms with E-state index in [-0.39, 0.29) is 28.3 Å². The van der Waals surface area contributed by atoms with E-state index in [1.54, 1.807) is 18.3 Å². The van der Waals surface area contributed by atoms with Gasteiger partial charge in [0.05, 0.1) is 11.8 Å². The Balaban J connectivity index is 1.95. The molecule has 1 aliphatic heterocycles. The van der Waals surface area contributed by atoms with Gasteiger partial charge in [-0.05, 0) is 12.1 Å². The first-order valence-corrected chi connectivity index (χ1v) is 8.26. The molecule has 0 spiro atoms. The van der Waals surface area contributed by atoms with Crippen LogP contribution in [0.15, 0.2) is 39.8 Å². The van der Waals surface area contributed by atoms with Gasteiger partial charge in [-0.25, -0.2) is 17.7 Å². The van der Waals surface area contributed by atoms with Crippen molar-refractivity contribution in [1.82, 2.24) is 9.29 Å². The number of nitrogens with zero attached hydrogens (tertiary/aromatic N) is 2. The zero-order valence-corrected chi connectivity index (χ0v) is 13.3. The Morgan fingerprint density at radius 2 is 1.91 bits per heavy atom. The van der Waals surface area contributed by atoms with Crippen molar-refractivity contribution in [3.8, 4) is 0 Å². The molecule has 1 amide bonds. The molecule has 0 radical (unpaired) electrons. The molecule has 116 valence electrons. The Bertz CT molecular complexity index is 846. The zero-order chi connectivity index (χ0) is 16.1. The van der Waals surface area contributed by atoms with Crippen LogP contribution in [0.4, 0.5) is 0 Å². The van der Waals surface area contributed by atoms with Gasteiger partial charge in [-0.1, -0.05) is 32.9 Å². The molecule has 22 heavy (non-hydrogen) atoms. The quantitative estimate of drug-likeness (QED) is 0.848. The molecule has 0 unspecified atom stereocenters. The number of carbonyl (C=O) groups excluding carboxylic acids is 1. The van der Waals surface area contributed by atoms with E-state index in [0.717, 1.165) is 4.31 Å². The fourth-order valence-electron chi connectivity index (χ4n) is 2.24. The number of rotatable bonds is 2. The summed E-state index contributed by atoms with van der Waals surface area (Å²) >= 11 is 0. The summed E-state index contributed by atoms with van der Waals surface area (Å²) in [6.45, 7) is 5.69. The van der Waals surface area contributed by atoms with Crippen LogP contribution < -0.4 is 0 Å². The third kappa shape index (κ3) is 2.21. The summed E-state index contributed by atoms with van der Waals surface area (Å²) in [6, 6.07) is 6.17. The number of amides is 1. The average Bonchev–Trinajstić information content (AvgIpc) is 2.98. The lowest BCUT2D eigenvalue weighted by molar-refractivity contribution is 0.0856. The Labute approximate surface area is 128 Å². The van der Waals surface area contributed by atoms with Crippen LogP contribution in [0.3, 0.4) is 0 Å². The second kappa shape index (κ2) is 4.67. The minimum Gasteiger partial charge on any atom is -0.443 e. The summed E-state index contributed by atoms with van der Waals surface area (Å²) in [7, 11) is -3.84. The van der Waals surface area contributed by atoms with Crippen LogP contribution in [-0.4, -0.2) is 23.6 Å². The van der Waals surface area contributed by atoms with Crippen molar-refractivity contribution in [3.63, 3.8) is 0 Å². The van der Waals surface area contributed by atoms with E-state index in [4.69, 9.17) is 4.42 Å². The normalized spacial score (nSPS) is 16.9. The summed E-state index contributed by atoms with van der Waals surface area (Å²) in [5.41, 5.74) is -0.0487. The van der Waals surface area contributed by atoms with E-state index in [1.165, 1.54) is 12.1 Å². The van der Waals surface area contributed by atoms with Crippen LogP contribution >= 0.6 is 0 Å². The van der Waals surface area contributed by atoms with Gasteiger partial charge in [0.2, 0.25) is 5.89 Å². The van der Waals surface area contributed by atoms with Crippen molar-refractivity contribution in [1.29, 1.82) is 0 Å². The van der Waals surface area contributed by atoms with Gasteiger partial charge in [-0.2, -0.15) is 0 Å². The Morgan fingerprint density at radius 3 is 2.50 bits per heavy atom. The third-order valence-corrected chi connectivity index (χ3v) is 5.27. The maximum Gasteiger partial charge on any atom is 0.269 e. The zero-order valence-electron chi connectivity index (χ0n) is 12.5. The molecule has 6 nitrogen and oxygen atoms in total. The van der Waals surface area contributed by atoms with E-state index < -0.39 is 15.9 Å². The first kappa shape index (κ1) is 14.8. The van der Waals surface area contributed by atoms with Crippen LogP contribution in [0.1, 0.15) is 42.8 Å². The molecule has 0 atom stereocenters. The number of fused-ring (bicyclic) bond motifs is 1. The van der Waals surface area contributed by atoms with Crippen molar-refractivity contribution in [3.05, 3.63) is 47.7 Å². The number of hydrogen-bond donors (Lipinski definition) is 0. The highest BCUT2D eigenvalue weighted by Crippen LogP contribution is 2.31. The fraction of sp³-hybridized carbons (Fsp3) is 0.333. The molecule has 1 aromatic heterocycles. The second-order valence-electron chi connectivity index (χ2n) is 6.18. The summed E-state index contributed by atoms with van der Waals surface area (Å²) in [4.78, 5) is 16.4. The van der Waals surface area contributed by atoms with Crippen molar-refractivity contribution < 1.29 is 17.6 Å². The molecule has 0 N–H and O–H groups in total. The fourth-order valence-corrected chi connectivity index (χ4v) is 3.76. The van der Waals surface area contributed by atoms with Gasteiger partial charge in [0, 0.05) is 5.41 Å². The topological polar surface area (TPSA) is 80.5 Å². The predicted octanol–water partition coefficient (Wildman–Crippen LogP) is 2.32. The lowest BCUT2D eigenvalue weighted by Gasteiger charge is -2.14. The summed E-state index contributed by atoms with van der Waals surface area (Å²) in [5.74, 6) is 0.296. The lowest BCUT2D eigenvalue weighted by Crippen LogP contribution is -2.29. The van der Waals surface area contributed by atoms with Crippen molar-refractivity contribution in [2.45, 2.75) is 37.6 Å². The predicted molar refractivity (Wildman–Crippen MR) is 78.7 cm³/mol. The van der Waals surface area contributed by atoms with Crippen molar-refractivity contribution in [2.75, 3.05) is 0 Å². The highest BCUT2D eigenvalue weighted by molar-refractivity contribution is 7.90. The summed E-state index contributed by atoms with van der Waals surface area (Å²) < 4.78 is 31.3. The maximum absolute atomic E-state index is 12.4. The summed E-state index contributed by atoms with van der Waals surface area (Å²) in [5, 5.41) is 0. The van der Waals surface area contributed by atoms with Gasteiger partial charge in [0.25, 0.3) is 15.9 Å². The SMILES string of the molecule is CC(C)(C)c1cnc(CN2C(=O)c3ccccc3S2(=O)=O)o1. The Kier molecular flexibility index (Phi) is 3.14. The van der Waals surface area contributed by atoms with Crippen LogP contribution in [0.2, 0.25) is 0 Å². The molecule has 0 aliphatic carbocycles. The number of carbonyl (C=O) groups is 1. The molecule has 0 saturated heterocycles. The van der Waals surface area contributed by atoms with Crippen LogP contribution in [0, 0.1) is 0 Å². The van der Waals surface area contributed by atoms with Crippen LogP contribution in [-0.2, 0) is 22.0 Å². The number of sulfonamides is 1. The van der Waals surface area contributed by atoms with Crippen LogP contribution in [0.25, 0.3) is 0 Å². The maximum atomic E-state index is 12.4. The minimum atomic E-state index is -3.84. The van der Waals surface area contributed by atoms with Gasteiger partial charge >= 0.3 is 0 Å². The van der Waals surface area contributed by atoms with E-state index >= 15 is 0 Å². The molecule has 1 aromatic carbocycles. The molecule has 0 bridgehead atoms. The second-order valence-corrected chi connectivity index (χ2v) is 8.01. The first-order valence-electron chi connectivity index (χ1n) is 6.82. The van der Waals surface area contributed by atoms with Gasteiger partial charge in [-0.3, -0.25) is 4.79 Å². The molecule has 0 fully saturated rings. The van der Waals surface area contributed by atoms with E-state index in [9.17, 15) is 13.2 Å². The highest BCUT2D eigenvalue weighted by atomic mass is 32.2. The number of benzene rings is 1. The number of hydrogen-bond acceptors (Lipinski definition) is 5. The van der Waals surface area contributed by atoms with Gasteiger partial charge in [0.1, 0.15) is 17.2 Å². The number of oxazole rings is 1. The third-order valence-electron chi connectivity index (χ3n) is 3.48. The first-order chi connectivity index (χ1) is 10.2. The molecule has 0 saturated carbocycles. The van der Waals surface area contributed by atoms with Gasteiger partial charge in [-0.15, -0.1) is 0 Å². The molecule has 2 heterocycles. The lowest BCUT2D eigenvalue weighted by atomic mass is 9.94. The largest absolute Gasteiger partial charge is 0.443 e. The summed E-state index contributed by atoms with van der Waals surface area (Å²) in [6.07, 6.45) is 1.57. The monoisotopic (exact) mass is 320 g/mol. The Morgan fingerprint density at radius 1 is 1.23 bits per heavy atom. The highest BCUT2D eigenvalue weighted by Gasteiger charge is 2.41. The van der Waals surface area contributed by atoms with E-state index in [2.05, 4.69) is 4.98 Å². The Hall–Kier alpha value is -2.15. The molecule has 3 rings (SSSR count). The molecular formula is C15H16N2O4S. The molecule has 2 aromatic rings. The standard InChI is InChI=1S/C15H16N2O4S/c1-15(2,3)12-8-16-13(21-12)9-17-14(18)10-6-4-5-7-11(10)22(17,19)20/h4-8H,9H2,1-3H3. The van der Waals surface area contributed by atoms with Gasteiger partial charge in [0.15, 0.2) is 0 Å². The molecular weight excluding hydrogens is 304 g/mol. The minimum absolute atomic E-state index is 0.0302. The molecule has 7 heteroatoms. The molecule has 1 aliphatic rings.